The molecule has 3 rings (SSSR count). The highest BCUT2D eigenvalue weighted by Crippen LogP contribution is 2.19. The Hall–Kier alpha value is -1.85. The highest BCUT2D eigenvalue weighted by Gasteiger charge is 2.13. The van der Waals surface area contributed by atoms with Gasteiger partial charge in [-0.1, -0.05) is 18.2 Å². The number of hydrogen-bond acceptors (Lipinski definition) is 4. The minimum atomic E-state index is 0.517. The summed E-state index contributed by atoms with van der Waals surface area (Å²) in [5.74, 6) is 0. The Balaban J connectivity index is 1.88. The summed E-state index contributed by atoms with van der Waals surface area (Å²) in [7, 11) is 0. The molecule has 1 fully saturated rings. The van der Waals surface area contributed by atoms with Crippen molar-refractivity contribution in [2.24, 2.45) is 5.73 Å². The van der Waals surface area contributed by atoms with Gasteiger partial charge in [-0.15, -0.1) is 0 Å². The van der Waals surface area contributed by atoms with E-state index in [1.807, 2.05) is 35.1 Å². The summed E-state index contributed by atoms with van der Waals surface area (Å²) in [6, 6.07) is 8.08. The first-order valence-corrected chi connectivity index (χ1v) is 6.54. The van der Waals surface area contributed by atoms with Crippen LogP contribution in [-0.4, -0.2) is 36.1 Å². The van der Waals surface area contributed by atoms with E-state index in [4.69, 9.17) is 10.5 Å². The smallest absolute Gasteiger partial charge is 0.0758 e. The molecule has 0 amide bonds. The number of aromatic nitrogens is 2. The molecule has 2 aromatic rings. The van der Waals surface area contributed by atoms with E-state index < -0.39 is 0 Å². The molecule has 1 aromatic heterocycles. The number of morpholine rings is 1. The van der Waals surface area contributed by atoms with Gasteiger partial charge < -0.3 is 15.4 Å². The van der Waals surface area contributed by atoms with Gasteiger partial charge in [-0.25, -0.2) is 4.68 Å². The number of ether oxygens (including phenoxy) is 1. The van der Waals surface area contributed by atoms with E-state index in [0.29, 0.717) is 6.54 Å². The molecule has 2 heterocycles. The molecule has 2 N–H and O–H groups in total. The van der Waals surface area contributed by atoms with Crippen LogP contribution < -0.4 is 10.6 Å². The van der Waals surface area contributed by atoms with Gasteiger partial charge in [-0.2, -0.15) is 5.10 Å². The molecule has 0 saturated carbocycles. The standard InChI is InChI=1S/C14H18N4O/c15-9-12-3-1-2-4-14(12)18-11-13(10-16-18)17-5-7-19-8-6-17/h1-4,10-11H,5-9,15H2. The van der Waals surface area contributed by atoms with E-state index in [9.17, 15) is 0 Å². The van der Waals surface area contributed by atoms with Gasteiger partial charge >= 0.3 is 0 Å². The first-order valence-electron chi connectivity index (χ1n) is 6.54. The highest BCUT2D eigenvalue weighted by molar-refractivity contribution is 5.47. The number of rotatable bonds is 3. The highest BCUT2D eigenvalue weighted by atomic mass is 16.5. The molecular weight excluding hydrogens is 240 g/mol. The van der Waals surface area contributed by atoms with E-state index in [-0.39, 0.29) is 0 Å². The fraction of sp³-hybridized carbons (Fsp3) is 0.357. The maximum absolute atomic E-state index is 5.77. The molecule has 1 aromatic carbocycles. The van der Waals surface area contributed by atoms with Crippen LogP contribution in [0.15, 0.2) is 36.7 Å². The Morgan fingerprint density at radius 1 is 1.21 bits per heavy atom. The van der Waals surface area contributed by atoms with Crippen LogP contribution in [0, 0.1) is 0 Å². The molecule has 1 aliphatic heterocycles. The maximum Gasteiger partial charge on any atom is 0.0758 e. The zero-order valence-electron chi connectivity index (χ0n) is 10.8. The van der Waals surface area contributed by atoms with Crippen molar-refractivity contribution in [3.8, 4) is 5.69 Å². The molecular formula is C14H18N4O. The third-order valence-corrected chi connectivity index (χ3v) is 3.40. The summed E-state index contributed by atoms with van der Waals surface area (Å²) in [4.78, 5) is 2.29. The van der Waals surface area contributed by atoms with Crippen LogP contribution in [0.3, 0.4) is 0 Å². The van der Waals surface area contributed by atoms with Crippen molar-refractivity contribution in [3.05, 3.63) is 42.2 Å². The summed E-state index contributed by atoms with van der Waals surface area (Å²) in [5.41, 5.74) is 9.05. The Kier molecular flexibility index (Phi) is 3.48. The molecule has 0 unspecified atom stereocenters. The van der Waals surface area contributed by atoms with E-state index in [1.54, 1.807) is 0 Å². The molecule has 5 nitrogen and oxygen atoms in total. The van der Waals surface area contributed by atoms with Gasteiger partial charge in [0.2, 0.25) is 0 Å². The molecule has 1 aliphatic rings. The van der Waals surface area contributed by atoms with Crippen molar-refractivity contribution in [2.45, 2.75) is 6.54 Å². The van der Waals surface area contributed by atoms with Crippen LogP contribution in [0.2, 0.25) is 0 Å². The molecule has 0 radical (unpaired) electrons. The van der Waals surface area contributed by atoms with Gasteiger partial charge in [0, 0.05) is 19.6 Å². The van der Waals surface area contributed by atoms with E-state index in [1.165, 1.54) is 0 Å². The van der Waals surface area contributed by atoms with E-state index in [0.717, 1.165) is 43.2 Å². The SMILES string of the molecule is NCc1ccccc1-n1cc(N2CCOCC2)cn1. The van der Waals surface area contributed by atoms with Crippen LogP contribution in [0.4, 0.5) is 5.69 Å². The number of hydrogen-bond donors (Lipinski definition) is 1. The number of anilines is 1. The lowest BCUT2D eigenvalue weighted by atomic mass is 10.2. The number of para-hydroxylation sites is 1. The van der Waals surface area contributed by atoms with Crippen molar-refractivity contribution in [1.29, 1.82) is 0 Å². The predicted octanol–water partition coefficient (Wildman–Crippen LogP) is 1.17. The van der Waals surface area contributed by atoms with Crippen molar-refractivity contribution < 1.29 is 4.74 Å². The average Bonchev–Trinajstić information content (AvgIpc) is 2.98. The fourth-order valence-corrected chi connectivity index (χ4v) is 2.34. The van der Waals surface area contributed by atoms with Gasteiger partial charge in [0.25, 0.3) is 0 Å². The lowest BCUT2D eigenvalue weighted by molar-refractivity contribution is 0.122. The zero-order valence-corrected chi connectivity index (χ0v) is 10.8. The monoisotopic (exact) mass is 258 g/mol. The molecule has 19 heavy (non-hydrogen) atoms. The third kappa shape index (κ3) is 2.47. The van der Waals surface area contributed by atoms with Gasteiger partial charge in [0.05, 0.1) is 37.0 Å². The van der Waals surface area contributed by atoms with Crippen LogP contribution in [0.5, 0.6) is 0 Å². The maximum atomic E-state index is 5.77. The summed E-state index contributed by atoms with van der Waals surface area (Å²) in [5, 5.41) is 4.45. The molecule has 1 saturated heterocycles. The largest absolute Gasteiger partial charge is 0.378 e. The first-order chi connectivity index (χ1) is 9.38. The molecule has 5 heteroatoms. The molecule has 0 aliphatic carbocycles. The van der Waals surface area contributed by atoms with Crippen LogP contribution in [0.25, 0.3) is 5.69 Å². The van der Waals surface area contributed by atoms with Crippen molar-refractivity contribution in [3.63, 3.8) is 0 Å². The molecule has 0 atom stereocenters. The van der Waals surface area contributed by atoms with Crippen LogP contribution in [-0.2, 0) is 11.3 Å². The van der Waals surface area contributed by atoms with Gasteiger partial charge in [-0.05, 0) is 11.6 Å². The lowest BCUT2D eigenvalue weighted by Gasteiger charge is -2.27. The van der Waals surface area contributed by atoms with E-state index in [2.05, 4.69) is 16.2 Å². The van der Waals surface area contributed by atoms with Crippen molar-refractivity contribution in [1.82, 2.24) is 9.78 Å². The average molecular weight is 258 g/mol. The topological polar surface area (TPSA) is 56.3 Å². The summed E-state index contributed by atoms with van der Waals surface area (Å²) < 4.78 is 7.26. The molecule has 100 valence electrons. The van der Waals surface area contributed by atoms with Crippen molar-refractivity contribution in [2.75, 3.05) is 31.2 Å². The van der Waals surface area contributed by atoms with Gasteiger partial charge in [0.15, 0.2) is 0 Å². The third-order valence-electron chi connectivity index (χ3n) is 3.40. The van der Waals surface area contributed by atoms with Crippen LogP contribution in [0.1, 0.15) is 5.56 Å². The van der Waals surface area contributed by atoms with E-state index >= 15 is 0 Å². The number of nitrogens with zero attached hydrogens (tertiary/aromatic N) is 3. The second kappa shape index (κ2) is 5.42. The number of nitrogens with two attached hydrogens (primary N) is 1. The Labute approximate surface area is 112 Å². The van der Waals surface area contributed by atoms with Crippen molar-refractivity contribution >= 4 is 5.69 Å². The number of benzene rings is 1. The summed E-state index contributed by atoms with van der Waals surface area (Å²) in [6.45, 7) is 3.92. The van der Waals surface area contributed by atoms with Gasteiger partial charge in [-0.3, -0.25) is 0 Å². The Morgan fingerprint density at radius 3 is 2.79 bits per heavy atom. The second-order valence-electron chi connectivity index (χ2n) is 4.58. The molecule has 0 spiro atoms. The molecule has 0 bridgehead atoms. The lowest BCUT2D eigenvalue weighted by Crippen LogP contribution is -2.35. The normalized spacial score (nSPS) is 15.7. The zero-order chi connectivity index (χ0) is 13.1. The minimum Gasteiger partial charge on any atom is -0.378 e. The quantitative estimate of drug-likeness (QED) is 0.898. The summed E-state index contributed by atoms with van der Waals surface area (Å²) >= 11 is 0. The Bertz CT molecular complexity index is 546. The second-order valence-corrected chi connectivity index (χ2v) is 4.58. The summed E-state index contributed by atoms with van der Waals surface area (Å²) in [6.07, 6.45) is 3.96. The minimum absolute atomic E-state index is 0.517. The Morgan fingerprint density at radius 2 is 2.00 bits per heavy atom. The first kappa shape index (κ1) is 12.2. The predicted molar refractivity (Wildman–Crippen MR) is 74.5 cm³/mol. The fourth-order valence-electron chi connectivity index (χ4n) is 2.34. The van der Waals surface area contributed by atoms with Gasteiger partial charge in [0.1, 0.15) is 0 Å². The van der Waals surface area contributed by atoms with Crippen LogP contribution >= 0.6 is 0 Å².